The lowest BCUT2D eigenvalue weighted by Crippen LogP contribution is -1.82. The predicted octanol–water partition coefficient (Wildman–Crippen LogP) is 4.54. The Hall–Kier alpha value is -1.70. The van der Waals surface area contributed by atoms with Crippen LogP contribution < -0.4 is 4.74 Å². The molecule has 0 aliphatic rings. The number of rotatable bonds is 3. The van der Waals surface area contributed by atoms with Crippen molar-refractivity contribution in [3.8, 4) is 17.1 Å². The molecule has 0 aliphatic carbocycles. The first-order valence-corrected chi connectivity index (χ1v) is 6.06. The van der Waals surface area contributed by atoms with Crippen LogP contribution in [0.4, 0.5) is 0 Å². The van der Waals surface area contributed by atoms with Crippen molar-refractivity contribution in [1.82, 2.24) is 0 Å². The highest BCUT2D eigenvalue weighted by molar-refractivity contribution is 5.59. The summed E-state index contributed by atoms with van der Waals surface area (Å²) in [6, 6.07) is 11.9. The molecule has 0 amide bonds. The Morgan fingerprint density at radius 2 is 1.88 bits per heavy atom. The molecule has 1 aromatic heterocycles. The number of furan rings is 1. The predicted molar refractivity (Wildman–Crippen MR) is 71.4 cm³/mol. The van der Waals surface area contributed by atoms with Gasteiger partial charge in [0.15, 0.2) is 0 Å². The molecule has 2 aromatic rings. The van der Waals surface area contributed by atoms with Crippen molar-refractivity contribution in [3.05, 3.63) is 42.2 Å². The number of aryl methyl sites for hydroxylation is 1. The lowest BCUT2D eigenvalue weighted by Gasteiger charge is -2.01. The minimum Gasteiger partial charge on any atom is -0.497 e. The summed E-state index contributed by atoms with van der Waals surface area (Å²) in [6.07, 6.45) is 0.921. The van der Waals surface area contributed by atoms with Crippen molar-refractivity contribution in [3.63, 3.8) is 0 Å². The van der Waals surface area contributed by atoms with Gasteiger partial charge >= 0.3 is 0 Å². The highest BCUT2D eigenvalue weighted by atomic mass is 16.5. The van der Waals surface area contributed by atoms with E-state index in [-0.39, 0.29) is 0 Å². The minimum absolute atomic E-state index is 0.849. The monoisotopic (exact) mass is 232 g/mol. The van der Waals surface area contributed by atoms with Gasteiger partial charge in [-0.1, -0.05) is 32.9 Å². The molecule has 92 valence electrons. The molecule has 1 heterocycles. The molecule has 0 saturated heterocycles. The SMILES string of the molecule is CC.CCc1ccc(-c2cccc(OC)c2)o1. The van der Waals surface area contributed by atoms with Crippen LogP contribution in [0.1, 0.15) is 26.5 Å². The van der Waals surface area contributed by atoms with Crippen molar-refractivity contribution in [2.24, 2.45) is 0 Å². The second-order valence-corrected chi connectivity index (χ2v) is 3.35. The van der Waals surface area contributed by atoms with E-state index in [4.69, 9.17) is 9.15 Å². The van der Waals surface area contributed by atoms with E-state index in [0.29, 0.717) is 0 Å². The van der Waals surface area contributed by atoms with Gasteiger partial charge < -0.3 is 9.15 Å². The van der Waals surface area contributed by atoms with Crippen LogP contribution in [0.25, 0.3) is 11.3 Å². The van der Waals surface area contributed by atoms with Crippen LogP contribution >= 0.6 is 0 Å². The fraction of sp³-hybridized carbons (Fsp3) is 0.333. The zero-order valence-electron chi connectivity index (χ0n) is 11.0. The van der Waals surface area contributed by atoms with Gasteiger partial charge in [0, 0.05) is 12.0 Å². The fourth-order valence-corrected chi connectivity index (χ4v) is 1.50. The normalized spacial score (nSPS) is 9.41. The van der Waals surface area contributed by atoms with E-state index in [1.807, 2.05) is 50.2 Å². The second kappa shape index (κ2) is 6.79. The second-order valence-electron chi connectivity index (χ2n) is 3.35. The van der Waals surface area contributed by atoms with Crippen LogP contribution in [-0.4, -0.2) is 7.11 Å². The van der Waals surface area contributed by atoms with Gasteiger partial charge in [0.2, 0.25) is 0 Å². The van der Waals surface area contributed by atoms with Crippen molar-refractivity contribution < 1.29 is 9.15 Å². The molecule has 1 aromatic carbocycles. The van der Waals surface area contributed by atoms with Crippen molar-refractivity contribution in [2.45, 2.75) is 27.2 Å². The summed E-state index contributed by atoms with van der Waals surface area (Å²) in [5.41, 5.74) is 1.05. The molecule has 17 heavy (non-hydrogen) atoms. The molecular weight excluding hydrogens is 212 g/mol. The average molecular weight is 232 g/mol. The number of benzene rings is 1. The van der Waals surface area contributed by atoms with E-state index < -0.39 is 0 Å². The summed E-state index contributed by atoms with van der Waals surface area (Å²) in [5, 5.41) is 0. The summed E-state index contributed by atoms with van der Waals surface area (Å²) in [6.45, 7) is 6.08. The van der Waals surface area contributed by atoms with Crippen molar-refractivity contribution >= 4 is 0 Å². The van der Waals surface area contributed by atoms with E-state index >= 15 is 0 Å². The van der Waals surface area contributed by atoms with E-state index in [9.17, 15) is 0 Å². The molecule has 0 aliphatic heterocycles. The smallest absolute Gasteiger partial charge is 0.134 e. The third-order valence-electron chi connectivity index (χ3n) is 2.36. The van der Waals surface area contributed by atoms with Crippen LogP contribution in [0.3, 0.4) is 0 Å². The Labute approximate surface area is 103 Å². The lowest BCUT2D eigenvalue weighted by molar-refractivity contribution is 0.414. The summed E-state index contributed by atoms with van der Waals surface area (Å²) in [7, 11) is 1.67. The molecular formula is C15H20O2. The molecule has 0 radical (unpaired) electrons. The first-order chi connectivity index (χ1) is 8.33. The van der Waals surface area contributed by atoms with Crippen LogP contribution in [0.2, 0.25) is 0 Å². The highest BCUT2D eigenvalue weighted by Gasteiger charge is 2.04. The third-order valence-corrected chi connectivity index (χ3v) is 2.36. The Balaban J connectivity index is 0.000000686. The lowest BCUT2D eigenvalue weighted by atomic mass is 10.2. The summed E-state index contributed by atoms with van der Waals surface area (Å²) in [4.78, 5) is 0. The molecule has 2 nitrogen and oxygen atoms in total. The van der Waals surface area contributed by atoms with Gasteiger partial charge in [-0.2, -0.15) is 0 Å². The van der Waals surface area contributed by atoms with E-state index in [0.717, 1.165) is 29.3 Å². The Kier molecular flexibility index (Phi) is 5.34. The molecule has 0 spiro atoms. The van der Waals surface area contributed by atoms with Gasteiger partial charge in [-0.3, -0.25) is 0 Å². The zero-order chi connectivity index (χ0) is 12.7. The number of ether oxygens (including phenoxy) is 1. The Bertz CT molecular complexity index is 444. The quantitative estimate of drug-likeness (QED) is 0.775. The molecule has 2 rings (SSSR count). The van der Waals surface area contributed by atoms with Crippen LogP contribution in [0, 0.1) is 0 Å². The minimum atomic E-state index is 0.849. The summed E-state index contributed by atoms with van der Waals surface area (Å²) >= 11 is 0. The van der Waals surface area contributed by atoms with Crippen LogP contribution in [0.5, 0.6) is 5.75 Å². The third kappa shape index (κ3) is 3.38. The summed E-state index contributed by atoms with van der Waals surface area (Å²) < 4.78 is 10.8. The van der Waals surface area contributed by atoms with Crippen LogP contribution in [-0.2, 0) is 6.42 Å². The molecule has 0 bridgehead atoms. The first-order valence-electron chi connectivity index (χ1n) is 6.06. The summed E-state index contributed by atoms with van der Waals surface area (Å²) in [5.74, 6) is 2.75. The molecule has 0 unspecified atom stereocenters. The topological polar surface area (TPSA) is 22.4 Å². The average Bonchev–Trinajstić information content (AvgIpc) is 2.90. The van der Waals surface area contributed by atoms with Gasteiger partial charge in [-0.05, 0) is 24.3 Å². The standard InChI is InChI=1S/C13H14O2.C2H6/c1-3-11-7-8-13(15-11)10-5-4-6-12(9-10)14-2;1-2/h4-9H,3H2,1-2H3;1-2H3. The van der Waals surface area contributed by atoms with Gasteiger partial charge in [0.25, 0.3) is 0 Å². The van der Waals surface area contributed by atoms with Crippen LogP contribution in [0.15, 0.2) is 40.8 Å². The number of hydrogen-bond acceptors (Lipinski definition) is 2. The molecule has 2 heteroatoms. The largest absolute Gasteiger partial charge is 0.497 e. The van der Waals surface area contributed by atoms with E-state index in [2.05, 4.69) is 6.92 Å². The number of methoxy groups -OCH3 is 1. The Morgan fingerprint density at radius 3 is 2.47 bits per heavy atom. The Morgan fingerprint density at radius 1 is 1.12 bits per heavy atom. The van der Waals surface area contributed by atoms with E-state index in [1.54, 1.807) is 7.11 Å². The van der Waals surface area contributed by atoms with Gasteiger partial charge in [0.1, 0.15) is 17.3 Å². The fourth-order valence-electron chi connectivity index (χ4n) is 1.50. The maximum absolute atomic E-state index is 5.66. The number of hydrogen-bond donors (Lipinski definition) is 0. The molecule has 0 fully saturated rings. The van der Waals surface area contributed by atoms with E-state index in [1.165, 1.54) is 0 Å². The maximum atomic E-state index is 5.66. The first kappa shape index (κ1) is 13.4. The zero-order valence-corrected chi connectivity index (χ0v) is 11.0. The molecule has 0 saturated carbocycles. The molecule has 0 atom stereocenters. The van der Waals surface area contributed by atoms with Gasteiger partial charge in [0.05, 0.1) is 7.11 Å². The van der Waals surface area contributed by atoms with Gasteiger partial charge in [-0.15, -0.1) is 0 Å². The van der Waals surface area contributed by atoms with Gasteiger partial charge in [-0.25, -0.2) is 0 Å². The molecule has 0 N–H and O–H groups in total. The highest BCUT2D eigenvalue weighted by Crippen LogP contribution is 2.25. The maximum Gasteiger partial charge on any atom is 0.134 e. The van der Waals surface area contributed by atoms with Crippen molar-refractivity contribution in [1.29, 1.82) is 0 Å². The van der Waals surface area contributed by atoms with Crippen molar-refractivity contribution in [2.75, 3.05) is 7.11 Å².